The first-order valence-corrected chi connectivity index (χ1v) is 7.31. The molecule has 1 aromatic rings. The molecule has 1 aromatic carbocycles. The van der Waals surface area contributed by atoms with Crippen LogP contribution in [0.2, 0.25) is 0 Å². The summed E-state index contributed by atoms with van der Waals surface area (Å²) in [5.41, 5.74) is 6.55. The number of hydrogen-bond acceptors (Lipinski definition) is 4. The Morgan fingerprint density at radius 2 is 2.00 bits per heavy atom. The zero-order chi connectivity index (χ0) is 15.7. The smallest absolute Gasteiger partial charge is 0.222 e. The molecule has 0 spiro atoms. The minimum absolute atomic E-state index is 0.0129. The third-order valence-corrected chi connectivity index (χ3v) is 3.45. The average molecular weight is 294 g/mol. The lowest BCUT2D eigenvalue weighted by molar-refractivity contribution is -0.124. The van der Waals surface area contributed by atoms with Gasteiger partial charge in [-0.1, -0.05) is 13.0 Å². The first-order valence-electron chi connectivity index (χ1n) is 7.31. The van der Waals surface area contributed by atoms with E-state index in [0.717, 1.165) is 24.8 Å². The average Bonchev–Trinajstić information content (AvgIpc) is 2.52. The lowest BCUT2D eigenvalue weighted by atomic mass is 10.0. The first-order chi connectivity index (χ1) is 10.1. The van der Waals surface area contributed by atoms with Crippen LogP contribution >= 0.6 is 0 Å². The normalized spacial score (nSPS) is 11.8. The van der Waals surface area contributed by atoms with E-state index in [0.29, 0.717) is 24.6 Å². The third kappa shape index (κ3) is 5.63. The Balaban J connectivity index is 2.43. The van der Waals surface area contributed by atoms with Gasteiger partial charge in [-0.2, -0.15) is 0 Å². The van der Waals surface area contributed by atoms with Gasteiger partial charge < -0.3 is 20.5 Å². The van der Waals surface area contributed by atoms with Crippen molar-refractivity contribution in [3.8, 4) is 11.5 Å². The van der Waals surface area contributed by atoms with Crippen LogP contribution in [-0.4, -0.2) is 33.2 Å². The molecule has 0 radical (unpaired) electrons. The van der Waals surface area contributed by atoms with E-state index in [9.17, 15) is 4.79 Å². The molecule has 1 rings (SSSR count). The van der Waals surface area contributed by atoms with Crippen LogP contribution in [0.3, 0.4) is 0 Å². The van der Waals surface area contributed by atoms with E-state index >= 15 is 0 Å². The maximum atomic E-state index is 11.9. The monoisotopic (exact) mass is 294 g/mol. The number of hydrogen-bond donors (Lipinski definition) is 2. The topological polar surface area (TPSA) is 73.6 Å². The van der Waals surface area contributed by atoms with Crippen molar-refractivity contribution in [2.75, 3.05) is 27.3 Å². The summed E-state index contributed by atoms with van der Waals surface area (Å²) in [6.45, 7) is 3.17. The molecule has 0 aliphatic carbocycles. The fraction of sp³-hybridized carbons (Fsp3) is 0.562. The summed E-state index contributed by atoms with van der Waals surface area (Å²) in [7, 11) is 3.23. The van der Waals surface area contributed by atoms with Crippen LogP contribution in [0, 0.1) is 5.92 Å². The van der Waals surface area contributed by atoms with Gasteiger partial charge in [-0.25, -0.2) is 0 Å². The summed E-state index contributed by atoms with van der Waals surface area (Å²) in [5, 5.41) is 2.95. The van der Waals surface area contributed by atoms with Gasteiger partial charge in [0.05, 0.1) is 14.2 Å². The molecule has 0 saturated heterocycles. The fourth-order valence-corrected chi connectivity index (χ4v) is 2.10. The Kier molecular flexibility index (Phi) is 7.61. The Labute approximate surface area is 126 Å². The van der Waals surface area contributed by atoms with Gasteiger partial charge >= 0.3 is 0 Å². The highest BCUT2D eigenvalue weighted by Crippen LogP contribution is 2.27. The van der Waals surface area contributed by atoms with E-state index in [1.165, 1.54) is 0 Å². The number of carbonyl (C=O) groups is 1. The second kappa shape index (κ2) is 9.23. The van der Waals surface area contributed by atoms with Gasteiger partial charge in [0.1, 0.15) is 0 Å². The second-order valence-electron chi connectivity index (χ2n) is 5.06. The van der Waals surface area contributed by atoms with Crippen molar-refractivity contribution in [3.05, 3.63) is 23.8 Å². The molecule has 0 heterocycles. The first kappa shape index (κ1) is 17.3. The Hall–Kier alpha value is -1.75. The molecule has 0 aromatic heterocycles. The number of ether oxygens (including phenoxy) is 2. The van der Waals surface area contributed by atoms with Crippen LogP contribution in [0.4, 0.5) is 0 Å². The van der Waals surface area contributed by atoms with Crippen molar-refractivity contribution in [2.24, 2.45) is 11.7 Å². The molecular weight excluding hydrogens is 268 g/mol. The van der Waals surface area contributed by atoms with Crippen LogP contribution in [0.25, 0.3) is 0 Å². The SMILES string of the molecule is COc1ccc(CCNC(=O)C(C)CCCN)cc1OC. The standard InChI is InChI=1S/C16H26N2O3/c1-12(5-4-9-17)16(19)18-10-8-13-6-7-14(20-2)15(11-13)21-3/h6-7,11-12H,4-5,8-10,17H2,1-3H3,(H,18,19). The van der Waals surface area contributed by atoms with Crippen LogP contribution in [0.5, 0.6) is 11.5 Å². The quantitative estimate of drug-likeness (QED) is 0.727. The van der Waals surface area contributed by atoms with E-state index in [2.05, 4.69) is 5.32 Å². The fourth-order valence-electron chi connectivity index (χ4n) is 2.10. The van der Waals surface area contributed by atoms with Gasteiger partial charge in [-0.15, -0.1) is 0 Å². The van der Waals surface area contributed by atoms with Gasteiger partial charge in [0.15, 0.2) is 11.5 Å². The molecule has 0 aliphatic rings. The van der Waals surface area contributed by atoms with Crippen LogP contribution in [-0.2, 0) is 11.2 Å². The van der Waals surface area contributed by atoms with Crippen molar-refractivity contribution in [2.45, 2.75) is 26.2 Å². The predicted octanol–water partition coefficient (Wildman–Crippen LogP) is 1.74. The highest BCUT2D eigenvalue weighted by molar-refractivity contribution is 5.78. The predicted molar refractivity (Wildman–Crippen MR) is 83.7 cm³/mol. The number of benzene rings is 1. The molecule has 118 valence electrons. The largest absolute Gasteiger partial charge is 0.493 e. The number of rotatable bonds is 9. The second-order valence-corrected chi connectivity index (χ2v) is 5.06. The number of nitrogens with two attached hydrogens (primary N) is 1. The molecule has 5 nitrogen and oxygen atoms in total. The highest BCUT2D eigenvalue weighted by atomic mass is 16.5. The summed E-state index contributed by atoms with van der Waals surface area (Å²) in [4.78, 5) is 11.9. The van der Waals surface area contributed by atoms with Crippen LogP contribution in [0.1, 0.15) is 25.3 Å². The van der Waals surface area contributed by atoms with Gasteiger partial charge in [0, 0.05) is 12.5 Å². The summed E-state index contributed by atoms with van der Waals surface area (Å²) >= 11 is 0. The summed E-state index contributed by atoms with van der Waals surface area (Å²) in [6.07, 6.45) is 2.47. The van der Waals surface area contributed by atoms with E-state index in [1.54, 1.807) is 14.2 Å². The zero-order valence-corrected chi connectivity index (χ0v) is 13.1. The van der Waals surface area contributed by atoms with Crippen molar-refractivity contribution in [1.29, 1.82) is 0 Å². The molecule has 3 N–H and O–H groups in total. The van der Waals surface area contributed by atoms with Crippen molar-refractivity contribution in [1.82, 2.24) is 5.32 Å². The summed E-state index contributed by atoms with van der Waals surface area (Å²) < 4.78 is 10.5. The van der Waals surface area contributed by atoms with Crippen molar-refractivity contribution < 1.29 is 14.3 Å². The zero-order valence-electron chi connectivity index (χ0n) is 13.1. The Morgan fingerprint density at radius 3 is 2.62 bits per heavy atom. The van der Waals surface area contributed by atoms with Crippen molar-refractivity contribution in [3.63, 3.8) is 0 Å². The molecule has 0 fully saturated rings. The van der Waals surface area contributed by atoms with E-state index < -0.39 is 0 Å². The van der Waals surface area contributed by atoms with Gasteiger partial charge in [0.25, 0.3) is 0 Å². The van der Waals surface area contributed by atoms with Gasteiger partial charge in [-0.3, -0.25) is 4.79 Å². The number of nitrogens with one attached hydrogen (secondary N) is 1. The molecule has 1 atom stereocenters. The molecule has 0 saturated carbocycles. The molecule has 21 heavy (non-hydrogen) atoms. The molecular formula is C16H26N2O3. The molecule has 0 aliphatic heterocycles. The molecule has 1 amide bonds. The summed E-state index contributed by atoms with van der Waals surface area (Å²) in [6, 6.07) is 5.79. The van der Waals surface area contributed by atoms with Gasteiger partial charge in [0.2, 0.25) is 5.91 Å². The number of amides is 1. The van der Waals surface area contributed by atoms with E-state index in [1.807, 2.05) is 25.1 Å². The third-order valence-electron chi connectivity index (χ3n) is 3.45. The Morgan fingerprint density at radius 1 is 1.29 bits per heavy atom. The van der Waals surface area contributed by atoms with E-state index in [4.69, 9.17) is 15.2 Å². The maximum absolute atomic E-state index is 11.9. The van der Waals surface area contributed by atoms with Gasteiger partial charge in [-0.05, 0) is 43.5 Å². The molecule has 5 heteroatoms. The lowest BCUT2D eigenvalue weighted by Gasteiger charge is -2.12. The van der Waals surface area contributed by atoms with Crippen LogP contribution in [0.15, 0.2) is 18.2 Å². The van der Waals surface area contributed by atoms with Crippen molar-refractivity contribution >= 4 is 5.91 Å². The highest BCUT2D eigenvalue weighted by Gasteiger charge is 2.11. The minimum Gasteiger partial charge on any atom is -0.493 e. The lowest BCUT2D eigenvalue weighted by Crippen LogP contribution is -2.31. The molecule has 1 unspecified atom stereocenters. The minimum atomic E-state index is 0.0129. The number of carbonyl (C=O) groups excluding carboxylic acids is 1. The summed E-state index contributed by atoms with van der Waals surface area (Å²) in [5.74, 6) is 1.52. The molecule has 0 bridgehead atoms. The Bertz CT molecular complexity index is 449. The number of methoxy groups -OCH3 is 2. The van der Waals surface area contributed by atoms with E-state index in [-0.39, 0.29) is 11.8 Å². The maximum Gasteiger partial charge on any atom is 0.222 e. The van der Waals surface area contributed by atoms with Crippen LogP contribution < -0.4 is 20.5 Å².